The average molecular weight is 357 g/mol. The van der Waals surface area contributed by atoms with Gasteiger partial charge in [0, 0.05) is 17.8 Å². The molecule has 1 aliphatic rings. The SMILES string of the molecule is CC(C)(c1ccc(O)cc1)c1cc(C#N)c2c(c1)OCCN2CCCl. The van der Waals surface area contributed by atoms with Crippen molar-refractivity contribution in [2.75, 3.05) is 30.5 Å². The highest BCUT2D eigenvalue weighted by Crippen LogP contribution is 2.41. The maximum Gasteiger partial charge on any atom is 0.144 e. The number of hydrogen-bond acceptors (Lipinski definition) is 4. The first-order valence-corrected chi connectivity index (χ1v) is 8.82. The minimum atomic E-state index is -0.327. The Morgan fingerprint density at radius 1 is 1.24 bits per heavy atom. The van der Waals surface area contributed by atoms with Crippen LogP contribution in [-0.4, -0.2) is 30.7 Å². The first kappa shape index (κ1) is 17.4. The van der Waals surface area contributed by atoms with Crippen LogP contribution in [0.1, 0.15) is 30.5 Å². The molecular formula is C20H21ClN2O2. The van der Waals surface area contributed by atoms with Crippen LogP contribution in [0.3, 0.4) is 0 Å². The van der Waals surface area contributed by atoms with Gasteiger partial charge in [-0.3, -0.25) is 0 Å². The summed E-state index contributed by atoms with van der Waals surface area (Å²) >= 11 is 5.91. The fraction of sp³-hybridized carbons (Fsp3) is 0.350. The summed E-state index contributed by atoms with van der Waals surface area (Å²) in [6.45, 7) is 6.20. The van der Waals surface area contributed by atoms with Crippen LogP contribution in [0.25, 0.3) is 0 Å². The summed E-state index contributed by atoms with van der Waals surface area (Å²) < 4.78 is 5.86. The monoisotopic (exact) mass is 356 g/mol. The van der Waals surface area contributed by atoms with Gasteiger partial charge in [0.15, 0.2) is 0 Å². The van der Waals surface area contributed by atoms with Crippen molar-refractivity contribution in [1.82, 2.24) is 0 Å². The Morgan fingerprint density at radius 3 is 2.60 bits per heavy atom. The van der Waals surface area contributed by atoms with Crippen LogP contribution in [0.15, 0.2) is 36.4 Å². The van der Waals surface area contributed by atoms with Crippen LogP contribution in [0, 0.1) is 11.3 Å². The topological polar surface area (TPSA) is 56.5 Å². The van der Waals surface area contributed by atoms with E-state index >= 15 is 0 Å². The van der Waals surface area contributed by atoms with Gasteiger partial charge >= 0.3 is 0 Å². The maximum absolute atomic E-state index is 9.68. The lowest BCUT2D eigenvalue weighted by molar-refractivity contribution is 0.307. The number of halogens is 1. The molecule has 0 bridgehead atoms. The molecule has 0 aliphatic carbocycles. The molecule has 1 heterocycles. The molecule has 130 valence electrons. The lowest BCUT2D eigenvalue weighted by atomic mass is 9.77. The van der Waals surface area contributed by atoms with Crippen molar-refractivity contribution in [1.29, 1.82) is 5.26 Å². The van der Waals surface area contributed by atoms with Gasteiger partial charge in [0.05, 0.1) is 17.8 Å². The zero-order chi connectivity index (χ0) is 18.0. The number of rotatable bonds is 4. The lowest BCUT2D eigenvalue weighted by Gasteiger charge is -2.34. The minimum absolute atomic E-state index is 0.239. The summed E-state index contributed by atoms with van der Waals surface area (Å²) in [4.78, 5) is 2.11. The van der Waals surface area contributed by atoms with Gasteiger partial charge in [-0.05, 0) is 35.4 Å². The minimum Gasteiger partial charge on any atom is -0.508 e. The first-order valence-electron chi connectivity index (χ1n) is 8.29. The highest BCUT2D eigenvalue weighted by molar-refractivity contribution is 6.18. The molecule has 5 heteroatoms. The van der Waals surface area contributed by atoms with Gasteiger partial charge in [0.1, 0.15) is 24.2 Å². The van der Waals surface area contributed by atoms with Crippen LogP contribution in [0.2, 0.25) is 0 Å². The number of ether oxygens (including phenoxy) is 1. The van der Waals surface area contributed by atoms with E-state index in [4.69, 9.17) is 16.3 Å². The van der Waals surface area contributed by atoms with Crippen LogP contribution >= 0.6 is 11.6 Å². The van der Waals surface area contributed by atoms with Crippen molar-refractivity contribution in [3.8, 4) is 17.6 Å². The van der Waals surface area contributed by atoms with Crippen molar-refractivity contribution >= 4 is 17.3 Å². The highest BCUT2D eigenvalue weighted by atomic mass is 35.5. The van der Waals surface area contributed by atoms with Crippen LogP contribution in [0.4, 0.5) is 5.69 Å². The fourth-order valence-electron chi connectivity index (χ4n) is 3.24. The summed E-state index contributed by atoms with van der Waals surface area (Å²) in [6, 6.07) is 13.4. The predicted molar refractivity (Wildman–Crippen MR) is 99.8 cm³/mol. The molecule has 25 heavy (non-hydrogen) atoms. The third-order valence-corrected chi connectivity index (χ3v) is 4.96. The quantitative estimate of drug-likeness (QED) is 0.840. The summed E-state index contributed by atoms with van der Waals surface area (Å²) in [7, 11) is 0. The number of hydrogen-bond donors (Lipinski definition) is 1. The Morgan fingerprint density at radius 2 is 1.96 bits per heavy atom. The lowest BCUT2D eigenvalue weighted by Crippen LogP contribution is -2.35. The molecule has 1 aliphatic heterocycles. The Balaban J connectivity index is 2.09. The molecule has 0 amide bonds. The van der Waals surface area contributed by atoms with E-state index in [1.165, 1.54) is 0 Å². The normalized spacial score (nSPS) is 13.8. The molecule has 2 aromatic carbocycles. The number of aromatic hydroxyl groups is 1. The number of phenolic OH excluding ortho intramolecular Hbond substituents is 1. The molecule has 1 N–H and O–H groups in total. The van der Waals surface area contributed by atoms with E-state index in [1.54, 1.807) is 12.1 Å². The van der Waals surface area contributed by atoms with E-state index in [0.717, 1.165) is 29.1 Å². The van der Waals surface area contributed by atoms with Crippen molar-refractivity contribution in [3.63, 3.8) is 0 Å². The largest absolute Gasteiger partial charge is 0.508 e. The van der Waals surface area contributed by atoms with Gasteiger partial charge in [-0.25, -0.2) is 0 Å². The summed E-state index contributed by atoms with van der Waals surface area (Å²) in [6.07, 6.45) is 0. The van der Waals surface area contributed by atoms with E-state index in [-0.39, 0.29) is 11.2 Å². The second kappa shape index (κ2) is 6.85. The molecule has 2 aromatic rings. The van der Waals surface area contributed by atoms with E-state index in [1.807, 2.05) is 24.3 Å². The van der Waals surface area contributed by atoms with E-state index in [0.29, 0.717) is 24.6 Å². The van der Waals surface area contributed by atoms with Crippen molar-refractivity contribution in [2.24, 2.45) is 0 Å². The molecule has 0 radical (unpaired) electrons. The molecule has 0 atom stereocenters. The molecule has 0 fully saturated rings. The molecule has 0 saturated heterocycles. The zero-order valence-corrected chi connectivity index (χ0v) is 15.2. The Hall–Kier alpha value is -2.38. The molecule has 3 rings (SSSR count). The Bertz CT molecular complexity index is 810. The summed E-state index contributed by atoms with van der Waals surface area (Å²) in [5.74, 6) is 1.48. The molecule has 0 unspecified atom stereocenters. The van der Waals surface area contributed by atoms with Crippen molar-refractivity contribution < 1.29 is 9.84 Å². The van der Waals surface area contributed by atoms with Gasteiger partial charge in [-0.2, -0.15) is 5.26 Å². The zero-order valence-electron chi connectivity index (χ0n) is 14.4. The van der Waals surface area contributed by atoms with Gasteiger partial charge in [-0.1, -0.05) is 26.0 Å². The average Bonchev–Trinajstić information content (AvgIpc) is 2.61. The van der Waals surface area contributed by atoms with Crippen LogP contribution in [0.5, 0.6) is 11.5 Å². The molecule has 0 aromatic heterocycles. The fourth-order valence-corrected chi connectivity index (χ4v) is 3.44. The van der Waals surface area contributed by atoms with Crippen molar-refractivity contribution in [3.05, 3.63) is 53.1 Å². The summed E-state index contributed by atoms with van der Waals surface area (Å²) in [5, 5.41) is 19.2. The highest BCUT2D eigenvalue weighted by Gasteiger charge is 2.29. The second-order valence-electron chi connectivity index (χ2n) is 6.68. The van der Waals surface area contributed by atoms with Gasteiger partial charge in [0.2, 0.25) is 0 Å². The first-order chi connectivity index (χ1) is 12.0. The number of benzene rings is 2. The number of anilines is 1. The van der Waals surface area contributed by atoms with Gasteiger partial charge in [-0.15, -0.1) is 11.6 Å². The third kappa shape index (κ3) is 3.25. The third-order valence-electron chi connectivity index (χ3n) is 4.80. The standard InChI is InChI=1S/C20H21ClN2O2/c1-20(2,15-3-5-17(24)6-4-15)16-11-14(13-22)19-18(12-16)25-10-9-23(19)8-7-21/h3-6,11-12,24H,7-10H2,1-2H3. The van der Waals surface area contributed by atoms with Crippen LogP contribution in [-0.2, 0) is 5.41 Å². The molecule has 0 saturated carbocycles. The second-order valence-corrected chi connectivity index (χ2v) is 7.06. The van der Waals surface area contributed by atoms with E-state index in [9.17, 15) is 10.4 Å². The number of fused-ring (bicyclic) bond motifs is 1. The number of phenols is 1. The smallest absolute Gasteiger partial charge is 0.144 e. The number of alkyl halides is 1. The maximum atomic E-state index is 9.68. The number of nitriles is 1. The van der Waals surface area contributed by atoms with Gasteiger partial charge < -0.3 is 14.7 Å². The van der Waals surface area contributed by atoms with Crippen LogP contribution < -0.4 is 9.64 Å². The predicted octanol–water partition coefficient (Wildman–Crippen LogP) is 4.03. The van der Waals surface area contributed by atoms with Gasteiger partial charge in [0.25, 0.3) is 0 Å². The van der Waals surface area contributed by atoms with Crippen molar-refractivity contribution in [2.45, 2.75) is 19.3 Å². The molecule has 4 nitrogen and oxygen atoms in total. The Kier molecular flexibility index (Phi) is 4.78. The molecular weight excluding hydrogens is 336 g/mol. The van der Waals surface area contributed by atoms with E-state index in [2.05, 4.69) is 24.8 Å². The number of nitrogens with zero attached hydrogens (tertiary/aromatic N) is 2. The Labute approximate surface area is 153 Å². The van der Waals surface area contributed by atoms with E-state index < -0.39 is 0 Å². The summed E-state index contributed by atoms with van der Waals surface area (Å²) in [5.41, 5.74) is 3.17. The molecule has 0 spiro atoms.